The molecule has 0 aromatic carbocycles. The molecule has 1 N–H and O–H groups in total. The molecule has 1 aromatic rings. The molecule has 0 spiro atoms. The van der Waals surface area contributed by atoms with Crippen LogP contribution in [0, 0.1) is 0 Å². The summed E-state index contributed by atoms with van der Waals surface area (Å²) in [5, 5.41) is 0. The second-order valence-corrected chi connectivity index (χ2v) is 12.6. The zero-order chi connectivity index (χ0) is 26.6. The third-order valence-corrected chi connectivity index (χ3v) is 7.49. The predicted molar refractivity (Wildman–Crippen MR) is 131 cm³/mol. The number of ether oxygens (including phenoxy) is 3. The average molecular weight is 543 g/mol. The summed E-state index contributed by atoms with van der Waals surface area (Å²) in [6.45, 7) is 13.7. The van der Waals surface area contributed by atoms with Crippen LogP contribution in [0.1, 0.15) is 55.4 Å². The fourth-order valence-electron chi connectivity index (χ4n) is 2.73. The van der Waals surface area contributed by atoms with E-state index in [1.165, 1.54) is 12.3 Å². The first-order valence-electron chi connectivity index (χ1n) is 11.5. The highest BCUT2D eigenvalue weighted by Crippen LogP contribution is 2.51. The van der Waals surface area contributed by atoms with Crippen LogP contribution in [0.2, 0.25) is 0 Å². The van der Waals surface area contributed by atoms with Gasteiger partial charge in [-0.25, -0.2) is 4.98 Å². The molecule has 0 aliphatic heterocycles. The molecule has 0 saturated carbocycles. The van der Waals surface area contributed by atoms with Crippen molar-refractivity contribution in [2.75, 3.05) is 25.9 Å². The van der Waals surface area contributed by atoms with Crippen LogP contribution in [-0.2, 0) is 36.7 Å². The molecule has 14 heteroatoms. The van der Waals surface area contributed by atoms with Crippen molar-refractivity contribution in [2.45, 2.75) is 85.9 Å². The van der Waals surface area contributed by atoms with Gasteiger partial charge in [-0.1, -0.05) is 0 Å². The van der Waals surface area contributed by atoms with Gasteiger partial charge in [-0.3, -0.25) is 18.9 Å². The van der Waals surface area contributed by atoms with Crippen molar-refractivity contribution in [3.05, 3.63) is 22.6 Å². The number of H-pyrrole nitrogens is 1. The van der Waals surface area contributed by atoms with Crippen molar-refractivity contribution in [1.82, 2.24) is 9.97 Å². The van der Waals surface area contributed by atoms with E-state index in [1.54, 1.807) is 55.4 Å². The number of hydrogen-bond donors (Lipinski definition) is 1. The Morgan fingerprint density at radius 2 is 1.17 bits per heavy atom. The summed E-state index contributed by atoms with van der Waals surface area (Å²) in [6.07, 6.45) is -1.54. The molecule has 0 unspecified atom stereocenters. The molecule has 204 valence electrons. The van der Waals surface area contributed by atoms with E-state index in [1.807, 2.05) is 0 Å². The summed E-state index contributed by atoms with van der Waals surface area (Å²) in [7, 11) is -7.08. The number of nitrogens with zero attached hydrogens (tertiary/aromatic N) is 1. The van der Waals surface area contributed by atoms with E-state index in [0.29, 0.717) is 0 Å². The van der Waals surface area contributed by atoms with E-state index in [2.05, 4.69) is 9.97 Å². The highest BCUT2D eigenvalue weighted by atomic mass is 31.2. The second-order valence-electron chi connectivity index (χ2n) is 8.82. The maximum atomic E-state index is 13.0. The van der Waals surface area contributed by atoms with E-state index >= 15 is 0 Å². The lowest BCUT2D eigenvalue weighted by molar-refractivity contribution is -0.00211. The normalized spacial score (nSPS) is 13.1. The molecule has 0 fully saturated rings. The van der Waals surface area contributed by atoms with Crippen LogP contribution in [0.25, 0.3) is 0 Å². The Balaban J connectivity index is 2.88. The zero-order valence-corrected chi connectivity index (χ0v) is 23.6. The van der Waals surface area contributed by atoms with Crippen LogP contribution < -0.4 is 10.3 Å². The first-order chi connectivity index (χ1) is 16.2. The molecule has 12 nitrogen and oxygen atoms in total. The van der Waals surface area contributed by atoms with Gasteiger partial charge in [0.1, 0.15) is 18.8 Å². The van der Waals surface area contributed by atoms with Crippen molar-refractivity contribution < 1.29 is 41.4 Å². The Kier molecular flexibility index (Phi) is 13.9. The van der Waals surface area contributed by atoms with E-state index in [-0.39, 0.29) is 56.3 Å². The van der Waals surface area contributed by atoms with Gasteiger partial charge in [0, 0.05) is 12.3 Å². The number of aromatic nitrogens is 2. The topological polar surface area (TPSA) is 144 Å². The summed E-state index contributed by atoms with van der Waals surface area (Å²) in [5.41, 5.74) is -0.407. The fourth-order valence-corrected chi connectivity index (χ4v) is 6.30. The minimum atomic E-state index is -3.54. The largest absolute Gasteiger partial charge is 0.457 e. The summed E-state index contributed by atoms with van der Waals surface area (Å²) in [4.78, 5) is 18.0. The number of rotatable bonds is 18. The van der Waals surface area contributed by atoms with E-state index in [0.717, 1.165) is 0 Å². The Morgan fingerprint density at radius 1 is 0.771 bits per heavy atom. The van der Waals surface area contributed by atoms with E-state index in [9.17, 15) is 13.9 Å². The molecule has 0 radical (unpaired) electrons. The van der Waals surface area contributed by atoms with Crippen LogP contribution in [0.5, 0.6) is 6.01 Å². The molecule has 0 aliphatic rings. The molecular weight excluding hydrogens is 502 g/mol. The summed E-state index contributed by atoms with van der Waals surface area (Å²) >= 11 is 0. The fraction of sp³-hybridized carbons (Fsp3) is 0.810. The first kappa shape index (κ1) is 31.9. The smallest absolute Gasteiger partial charge is 0.356 e. The highest BCUT2D eigenvalue weighted by molar-refractivity contribution is 7.53. The van der Waals surface area contributed by atoms with Gasteiger partial charge >= 0.3 is 15.2 Å². The van der Waals surface area contributed by atoms with Crippen molar-refractivity contribution in [3.8, 4) is 6.01 Å². The number of nitrogens with one attached hydrogen (secondary N) is 1. The molecule has 1 rings (SSSR count). The molecule has 1 aromatic heterocycles. The van der Waals surface area contributed by atoms with E-state index in [4.69, 9.17) is 32.3 Å². The lowest BCUT2D eigenvalue weighted by Crippen LogP contribution is -2.31. The van der Waals surface area contributed by atoms with Gasteiger partial charge in [-0.05, 0) is 55.4 Å². The van der Waals surface area contributed by atoms with Crippen molar-refractivity contribution >= 4 is 15.2 Å². The van der Waals surface area contributed by atoms with Gasteiger partial charge in [-0.15, -0.1) is 0 Å². The van der Waals surface area contributed by atoms with Gasteiger partial charge in [0.05, 0.1) is 37.6 Å². The molecule has 0 amide bonds. The maximum Gasteiger partial charge on any atom is 0.356 e. The van der Waals surface area contributed by atoms with Crippen molar-refractivity contribution in [2.24, 2.45) is 0 Å². The van der Waals surface area contributed by atoms with E-state index < -0.39 is 26.9 Å². The molecule has 0 saturated heterocycles. The Labute approximate surface area is 207 Å². The molecule has 0 bridgehead atoms. The molecule has 35 heavy (non-hydrogen) atoms. The highest BCUT2D eigenvalue weighted by Gasteiger charge is 2.31. The predicted octanol–water partition coefficient (Wildman–Crippen LogP) is 4.55. The van der Waals surface area contributed by atoms with Gasteiger partial charge in [0.25, 0.3) is 11.6 Å². The van der Waals surface area contributed by atoms with Crippen LogP contribution in [0.15, 0.2) is 17.1 Å². The number of aromatic amines is 1. The summed E-state index contributed by atoms with van der Waals surface area (Å²) in [6, 6.07) is 1.18. The minimum Gasteiger partial charge on any atom is -0.457 e. The lowest BCUT2D eigenvalue weighted by Gasteiger charge is -2.25. The van der Waals surface area contributed by atoms with Gasteiger partial charge in [0.2, 0.25) is 0 Å². The summed E-state index contributed by atoms with van der Waals surface area (Å²) < 4.78 is 64.8. The summed E-state index contributed by atoms with van der Waals surface area (Å²) in [5.74, 6) is 0. The Hall–Kier alpha value is -1.10. The quantitative estimate of drug-likeness (QED) is 0.261. The monoisotopic (exact) mass is 542 g/mol. The van der Waals surface area contributed by atoms with Gasteiger partial charge < -0.3 is 32.3 Å². The maximum absolute atomic E-state index is 13.0. The zero-order valence-electron chi connectivity index (χ0n) is 21.8. The number of hydrogen-bond acceptors (Lipinski definition) is 11. The van der Waals surface area contributed by atoms with Crippen LogP contribution in [-0.4, -0.2) is 66.4 Å². The van der Waals surface area contributed by atoms with Gasteiger partial charge in [0.15, 0.2) is 0 Å². The molecule has 0 aliphatic carbocycles. The SMILES string of the molecule is CC(C)OP(=O)(COCC(COCP(=O)(OC(C)C)OC(C)C)Oc1nccc(=O)[nH]1)OC(C)C. The average Bonchev–Trinajstić information content (AvgIpc) is 2.64. The molecule has 1 heterocycles. The van der Waals surface area contributed by atoms with Crippen molar-refractivity contribution in [1.29, 1.82) is 0 Å². The molecule has 0 atom stereocenters. The van der Waals surface area contributed by atoms with Crippen LogP contribution in [0.4, 0.5) is 0 Å². The third kappa shape index (κ3) is 14.3. The standard InChI is InChI=1S/C21H40N2O10P2/c1-15(2)30-34(25,31-16(3)4)13-27-11-19(29-21-22-10-9-20(24)23-21)12-28-14-35(26,32-17(5)6)33-18(7)8/h9-10,15-19H,11-14H2,1-8H3,(H,22,23,24). The first-order valence-corrected chi connectivity index (χ1v) is 15.0. The second kappa shape index (κ2) is 15.2. The van der Waals surface area contributed by atoms with Crippen molar-refractivity contribution in [3.63, 3.8) is 0 Å². The molecular formula is C21H40N2O10P2. The Morgan fingerprint density at radius 3 is 1.51 bits per heavy atom. The minimum absolute atomic E-state index is 0.0604. The van der Waals surface area contributed by atoms with Crippen LogP contribution in [0.3, 0.4) is 0 Å². The van der Waals surface area contributed by atoms with Gasteiger partial charge in [-0.2, -0.15) is 0 Å². The Bertz CT molecular complexity index is 819. The van der Waals surface area contributed by atoms with Crippen LogP contribution >= 0.6 is 15.2 Å². The lowest BCUT2D eigenvalue weighted by atomic mass is 10.4. The third-order valence-electron chi connectivity index (χ3n) is 3.52.